The van der Waals surface area contributed by atoms with Crippen LogP contribution in [0.5, 0.6) is 0 Å². The van der Waals surface area contributed by atoms with Crippen molar-refractivity contribution in [2.45, 2.75) is 33.6 Å². The van der Waals surface area contributed by atoms with Crippen LogP contribution in [-0.4, -0.2) is 25.5 Å². The zero-order valence-corrected chi connectivity index (χ0v) is 14.7. The Morgan fingerprint density at radius 1 is 1.26 bits per heavy atom. The van der Waals surface area contributed by atoms with Crippen molar-refractivity contribution in [2.75, 3.05) is 5.32 Å². The average Bonchev–Trinajstić information content (AvgIpc) is 3.05. The number of aromatic nitrogens is 4. The summed E-state index contributed by atoms with van der Waals surface area (Å²) in [6.07, 6.45) is 1.31. The number of carbonyl (C=O) groups excluding carboxylic acids is 1. The smallest absolute Gasteiger partial charge is 0.271 e. The van der Waals surface area contributed by atoms with Gasteiger partial charge in [0.15, 0.2) is 4.96 Å². The van der Waals surface area contributed by atoms with Gasteiger partial charge >= 0.3 is 0 Å². The van der Waals surface area contributed by atoms with Crippen LogP contribution in [0.25, 0.3) is 4.96 Å². The van der Waals surface area contributed by atoms with E-state index in [9.17, 15) is 9.59 Å². The SMILES string of the molecule is Cc1sc2ncc(C(=O)Nc3nnc(C(C)C)s3)c(=O)n2c1C. The topological polar surface area (TPSA) is 89.2 Å². The number of nitrogens with one attached hydrogen (secondary N) is 1. The van der Waals surface area contributed by atoms with Crippen molar-refractivity contribution in [3.63, 3.8) is 0 Å². The lowest BCUT2D eigenvalue weighted by Crippen LogP contribution is -2.26. The maximum Gasteiger partial charge on any atom is 0.271 e. The Kier molecular flexibility index (Phi) is 3.99. The van der Waals surface area contributed by atoms with E-state index in [0.29, 0.717) is 10.1 Å². The van der Waals surface area contributed by atoms with E-state index >= 15 is 0 Å². The predicted molar refractivity (Wildman–Crippen MR) is 90.8 cm³/mol. The van der Waals surface area contributed by atoms with Crippen LogP contribution in [0.3, 0.4) is 0 Å². The predicted octanol–water partition coefficient (Wildman–Crippen LogP) is 2.60. The average molecular weight is 349 g/mol. The van der Waals surface area contributed by atoms with Crippen LogP contribution in [0.1, 0.15) is 45.7 Å². The zero-order chi connectivity index (χ0) is 16.7. The number of anilines is 1. The molecular weight excluding hydrogens is 334 g/mol. The molecule has 0 radical (unpaired) electrons. The molecule has 3 rings (SSSR count). The lowest BCUT2D eigenvalue weighted by atomic mass is 10.2. The number of fused-ring (bicyclic) bond motifs is 1. The van der Waals surface area contributed by atoms with Gasteiger partial charge < -0.3 is 0 Å². The highest BCUT2D eigenvalue weighted by molar-refractivity contribution is 7.17. The number of rotatable bonds is 3. The Morgan fingerprint density at radius 3 is 2.65 bits per heavy atom. The molecule has 1 amide bonds. The van der Waals surface area contributed by atoms with Gasteiger partial charge in [0.05, 0.1) is 0 Å². The monoisotopic (exact) mass is 349 g/mol. The highest BCUT2D eigenvalue weighted by atomic mass is 32.1. The van der Waals surface area contributed by atoms with Crippen LogP contribution in [0.15, 0.2) is 11.0 Å². The summed E-state index contributed by atoms with van der Waals surface area (Å²) in [5, 5.41) is 11.8. The molecule has 7 nitrogen and oxygen atoms in total. The summed E-state index contributed by atoms with van der Waals surface area (Å²) in [4.78, 5) is 30.7. The largest absolute Gasteiger partial charge is 0.296 e. The fraction of sp³-hybridized carbons (Fsp3) is 0.357. The molecule has 0 unspecified atom stereocenters. The first-order chi connectivity index (χ1) is 10.9. The number of aryl methyl sites for hydroxylation is 2. The van der Waals surface area contributed by atoms with Crippen molar-refractivity contribution in [1.29, 1.82) is 0 Å². The third-order valence-corrected chi connectivity index (χ3v) is 5.63. The molecule has 0 atom stereocenters. The van der Waals surface area contributed by atoms with E-state index in [-0.39, 0.29) is 17.0 Å². The molecule has 3 heterocycles. The maximum absolute atomic E-state index is 12.5. The number of thiazole rings is 1. The molecule has 0 spiro atoms. The quantitative estimate of drug-likeness (QED) is 0.785. The van der Waals surface area contributed by atoms with Gasteiger partial charge in [-0.05, 0) is 13.8 Å². The summed E-state index contributed by atoms with van der Waals surface area (Å²) in [5.74, 6) is -0.287. The molecule has 0 aliphatic carbocycles. The molecule has 0 aliphatic heterocycles. The van der Waals surface area contributed by atoms with E-state index < -0.39 is 5.91 Å². The van der Waals surface area contributed by atoms with Gasteiger partial charge in [-0.3, -0.25) is 19.3 Å². The first kappa shape index (κ1) is 15.8. The Bertz CT molecular complexity index is 954. The number of amides is 1. The Balaban J connectivity index is 1.96. The van der Waals surface area contributed by atoms with Crippen LogP contribution < -0.4 is 10.9 Å². The number of hydrogen-bond acceptors (Lipinski definition) is 7. The van der Waals surface area contributed by atoms with Crippen LogP contribution in [-0.2, 0) is 0 Å². The third kappa shape index (κ3) is 2.77. The maximum atomic E-state index is 12.5. The van der Waals surface area contributed by atoms with E-state index in [4.69, 9.17) is 0 Å². The van der Waals surface area contributed by atoms with Crippen molar-refractivity contribution in [1.82, 2.24) is 19.6 Å². The molecule has 0 saturated heterocycles. The zero-order valence-electron chi connectivity index (χ0n) is 13.1. The Hall–Kier alpha value is -2.13. The summed E-state index contributed by atoms with van der Waals surface area (Å²) >= 11 is 2.72. The van der Waals surface area contributed by atoms with Crippen LogP contribution in [0.2, 0.25) is 0 Å². The highest BCUT2D eigenvalue weighted by Gasteiger charge is 2.18. The Morgan fingerprint density at radius 2 is 2.00 bits per heavy atom. The minimum absolute atomic E-state index is 0.00954. The summed E-state index contributed by atoms with van der Waals surface area (Å²) in [6, 6.07) is 0. The van der Waals surface area contributed by atoms with E-state index in [2.05, 4.69) is 20.5 Å². The normalized spacial score (nSPS) is 11.3. The number of nitrogens with zero attached hydrogens (tertiary/aromatic N) is 4. The highest BCUT2D eigenvalue weighted by Crippen LogP contribution is 2.23. The standard InChI is InChI=1S/C14H15N5O2S2/c1-6(2)11-17-18-13(23-11)16-10(20)9-5-15-14-19(12(9)21)7(3)8(4)22-14/h5-6H,1-4H3,(H,16,18,20). The van der Waals surface area contributed by atoms with E-state index in [1.165, 1.54) is 33.3 Å². The van der Waals surface area contributed by atoms with Crippen molar-refractivity contribution in [3.05, 3.63) is 37.7 Å². The van der Waals surface area contributed by atoms with Gasteiger partial charge in [-0.2, -0.15) is 0 Å². The van der Waals surface area contributed by atoms with Gasteiger partial charge in [0.1, 0.15) is 10.6 Å². The van der Waals surface area contributed by atoms with Crippen molar-refractivity contribution in [3.8, 4) is 0 Å². The van der Waals surface area contributed by atoms with Crippen molar-refractivity contribution >= 4 is 38.7 Å². The second-order valence-corrected chi connectivity index (χ2v) is 7.58. The summed E-state index contributed by atoms with van der Waals surface area (Å²) in [7, 11) is 0. The fourth-order valence-corrected chi connectivity index (χ4v) is 3.68. The van der Waals surface area contributed by atoms with Crippen LogP contribution >= 0.6 is 22.7 Å². The number of hydrogen-bond donors (Lipinski definition) is 1. The molecule has 3 aromatic heterocycles. The minimum Gasteiger partial charge on any atom is -0.296 e. The molecule has 3 aromatic rings. The fourth-order valence-electron chi connectivity index (χ4n) is 2.01. The van der Waals surface area contributed by atoms with Gasteiger partial charge in [-0.15, -0.1) is 21.5 Å². The molecule has 0 fully saturated rings. The number of carbonyl (C=O) groups is 1. The van der Waals surface area contributed by atoms with Gasteiger partial charge in [0.25, 0.3) is 11.5 Å². The lowest BCUT2D eigenvalue weighted by Gasteiger charge is -2.02. The molecule has 120 valence electrons. The third-order valence-electron chi connectivity index (χ3n) is 3.42. The molecule has 0 saturated carbocycles. The Labute approximate surface area is 140 Å². The molecule has 1 N–H and O–H groups in total. The van der Waals surface area contributed by atoms with Crippen LogP contribution in [0, 0.1) is 13.8 Å². The summed E-state index contributed by atoms with van der Waals surface area (Å²) in [5.41, 5.74) is 0.419. The van der Waals surface area contributed by atoms with Gasteiger partial charge in [-0.25, -0.2) is 4.98 Å². The molecule has 0 aromatic carbocycles. The van der Waals surface area contributed by atoms with E-state index in [1.807, 2.05) is 27.7 Å². The van der Waals surface area contributed by atoms with E-state index in [1.54, 1.807) is 0 Å². The molecule has 23 heavy (non-hydrogen) atoms. The second kappa shape index (κ2) is 5.82. The summed E-state index contributed by atoms with van der Waals surface area (Å²) < 4.78 is 1.47. The van der Waals surface area contributed by atoms with Crippen molar-refractivity contribution in [2.24, 2.45) is 0 Å². The molecular formula is C14H15N5O2S2. The van der Waals surface area contributed by atoms with Gasteiger partial charge in [-0.1, -0.05) is 25.2 Å². The van der Waals surface area contributed by atoms with Crippen molar-refractivity contribution < 1.29 is 4.79 Å². The van der Waals surface area contributed by atoms with E-state index in [0.717, 1.165) is 15.6 Å². The van der Waals surface area contributed by atoms with Crippen LogP contribution in [0.4, 0.5) is 5.13 Å². The summed E-state index contributed by atoms with van der Waals surface area (Å²) in [6.45, 7) is 7.75. The second-order valence-electron chi connectivity index (χ2n) is 5.39. The minimum atomic E-state index is -0.522. The lowest BCUT2D eigenvalue weighted by molar-refractivity contribution is 0.102. The first-order valence-corrected chi connectivity index (χ1v) is 8.64. The van der Waals surface area contributed by atoms with Gasteiger partial charge in [0, 0.05) is 22.7 Å². The molecule has 9 heteroatoms. The first-order valence-electron chi connectivity index (χ1n) is 7.01. The molecule has 0 bridgehead atoms. The van der Waals surface area contributed by atoms with Gasteiger partial charge in [0.2, 0.25) is 5.13 Å². The molecule has 0 aliphatic rings.